The molecule has 1 fully saturated rings. The van der Waals surface area contributed by atoms with E-state index in [2.05, 4.69) is 5.32 Å². The van der Waals surface area contributed by atoms with Gasteiger partial charge in [0.05, 0.1) is 29.5 Å². The van der Waals surface area contributed by atoms with Crippen LogP contribution in [0, 0.1) is 0 Å². The monoisotopic (exact) mass is 481 g/mol. The fourth-order valence-electron chi connectivity index (χ4n) is 3.45. The second-order valence-electron chi connectivity index (χ2n) is 7.56. The van der Waals surface area contributed by atoms with Crippen LogP contribution < -0.4 is 14.4 Å². The van der Waals surface area contributed by atoms with Gasteiger partial charge in [0.15, 0.2) is 0 Å². The Hall–Kier alpha value is -2.63. The van der Waals surface area contributed by atoms with E-state index in [1.165, 1.54) is 42.7 Å². The lowest BCUT2D eigenvalue weighted by Crippen LogP contribution is -2.35. The molecule has 0 aromatic heterocycles. The second kappa shape index (κ2) is 9.47. The van der Waals surface area contributed by atoms with Crippen molar-refractivity contribution >= 4 is 37.3 Å². The van der Waals surface area contributed by atoms with Crippen molar-refractivity contribution in [1.82, 2.24) is 4.31 Å². The maximum atomic E-state index is 13.0. The Bertz CT molecular complexity index is 1210. The maximum absolute atomic E-state index is 13.0. The topological polar surface area (TPSA) is 113 Å². The number of hydrogen-bond donors (Lipinski definition) is 1. The third-order valence-electron chi connectivity index (χ3n) is 5.33. The van der Waals surface area contributed by atoms with Crippen molar-refractivity contribution < 1.29 is 26.4 Å². The molecular weight excluding hydrogens is 454 g/mol. The molecule has 1 saturated heterocycles. The van der Waals surface area contributed by atoms with Crippen LogP contribution in [0.2, 0.25) is 0 Å². The minimum atomic E-state index is -3.73. The zero-order valence-electron chi connectivity index (χ0n) is 18.2. The van der Waals surface area contributed by atoms with E-state index < -0.39 is 26.0 Å². The molecule has 1 amide bonds. The lowest BCUT2D eigenvalue weighted by Gasteiger charge is -2.26. The number of anilines is 2. The smallest absolute Gasteiger partial charge is 0.259 e. The van der Waals surface area contributed by atoms with Crippen LogP contribution >= 0.6 is 0 Å². The molecule has 0 unspecified atom stereocenters. The molecule has 3 rings (SSSR count). The molecule has 2 aromatic rings. The summed E-state index contributed by atoms with van der Waals surface area (Å²) >= 11 is 0. The highest BCUT2D eigenvalue weighted by Gasteiger charge is 2.27. The predicted octanol–water partition coefficient (Wildman–Crippen LogP) is 2.52. The Morgan fingerprint density at radius 2 is 1.72 bits per heavy atom. The number of benzene rings is 2. The summed E-state index contributed by atoms with van der Waals surface area (Å²) in [5.41, 5.74) is 0.792. The van der Waals surface area contributed by atoms with Gasteiger partial charge in [-0.1, -0.05) is 12.5 Å². The lowest BCUT2D eigenvalue weighted by atomic mass is 10.1. The highest BCUT2D eigenvalue weighted by molar-refractivity contribution is 7.92. The largest absolute Gasteiger partial charge is 0.496 e. The van der Waals surface area contributed by atoms with Crippen LogP contribution in [0.4, 0.5) is 11.4 Å². The van der Waals surface area contributed by atoms with Crippen LogP contribution in [0.25, 0.3) is 0 Å². The van der Waals surface area contributed by atoms with E-state index in [1.807, 2.05) is 0 Å². The summed E-state index contributed by atoms with van der Waals surface area (Å²) in [5, 5.41) is 2.69. The third kappa shape index (κ3) is 5.22. The van der Waals surface area contributed by atoms with Gasteiger partial charge >= 0.3 is 0 Å². The molecule has 2 aromatic carbocycles. The molecule has 0 bridgehead atoms. The Morgan fingerprint density at radius 1 is 1.03 bits per heavy atom. The van der Waals surface area contributed by atoms with Gasteiger partial charge in [-0.2, -0.15) is 4.31 Å². The van der Waals surface area contributed by atoms with Gasteiger partial charge in [-0.25, -0.2) is 16.8 Å². The van der Waals surface area contributed by atoms with E-state index in [-0.39, 0.29) is 16.2 Å². The van der Waals surface area contributed by atoms with E-state index in [1.54, 1.807) is 18.2 Å². The summed E-state index contributed by atoms with van der Waals surface area (Å²) < 4.78 is 57.4. The molecule has 0 radical (unpaired) electrons. The van der Waals surface area contributed by atoms with Gasteiger partial charge < -0.3 is 10.1 Å². The minimum Gasteiger partial charge on any atom is -0.496 e. The van der Waals surface area contributed by atoms with Crippen LogP contribution in [-0.4, -0.2) is 60.6 Å². The van der Waals surface area contributed by atoms with E-state index in [9.17, 15) is 21.6 Å². The Kier molecular flexibility index (Phi) is 7.11. The quantitative estimate of drug-likeness (QED) is 0.650. The highest BCUT2D eigenvalue weighted by Crippen LogP contribution is 2.28. The molecule has 0 atom stereocenters. The van der Waals surface area contributed by atoms with Crippen LogP contribution in [0.15, 0.2) is 47.4 Å². The first kappa shape index (κ1) is 24.0. The van der Waals surface area contributed by atoms with Crippen molar-refractivity contribution in [3.05, 3.63) is 48.0 Å². The molecule has 1 heterocycles. The third-order valence-corrected chi connectivity index (χ3v) is 8.43. The summed E-state index contributed by atoms with van der Waals surface area (Å²) in [7, 11) is -4.39. The van der Waals surface area contributed by atoms with Gasteiger partial charge in [-0.3, -0.25) is 9.10 Å². The van der Waals surface area contributed by atoms with Gasteiger partial charge in [0, 0.05) is 25.8 Å². The Labute approximate surface area is 189 Å². The van der Waals surface area contributed by atoms with E-state index in [0.717, 1.165) is 29.8 Å². The van der Waals surface area contributed by atoms with Crippen molar-refractivity contribution in [2.45, 2.75) is 24.2 Å². The zero-order valence-corrected chi connectivity index (χ0v) is 19.9. The summed E-state index contributed by atoms with van der Waals surface area (Å²) in [4.78, 5) is 13.0. The first-order chi connectivity index (χ1) is 15.0. The SMILES string of the molecule is COc1ccc(S(=O)(=O)N2CCCCC2)cc1C(=O)Nc1cccc(N(C)S(C)(=O)=O)c1. The van der Waals surface area contributed by atoms with Crippen molar-refractivity contribution in [3.8, 4) is 5.75 Å². The summed E-state index contributed by atoms with van der Waals surface area (Å²) in [6, 6.07) is 10.5. The molecule has 1 aliphatic rings. The molecule has 174 valence electrons. The molecule has 0 aliphatic carbocycles. The van der Waals surface area contributed by atoms with E-state index in [0.29, 0.717) is 24.5 Å². The number of ether oxygens (including phenoxy) is 1. The summed E-state index contributed by atoms with van der Waals surface area (Å²) in [6.45, 7) is 0.910. The van der Waals surface area contributed by atoms with E-state index >= 15 is 0 Å². The average Bonchev–Trinajstić information content (AvgIpc) is 2.78. The number of hydrogen-bond acceptors (Lipinski definition) is 6. The van der Waals surface area contributed by atoms with Gasteiger partial charge in [0.2, 0.25) is 20.0 Å². The fraction of sp³-hybridized carbons (Fsp3) is 0.381. The first-order valence-corrected chi connectivity index (χ1v) is 13.4. The molecule has 9 nitrogen and oxygen atoms in total. The minimum absolute atomic E-state index is 0.0240. The van der Waals surface area contributed by atoms with Gasteiger partial charge in [-0.15, -0.1) is 0 Å². The molecule has 1 aliphatic heterocycles. The first-order valence-electron chi connectivity index (χ1n) is 10.1. The summed E-state index contributed by atoms with van der Waals surface area (Å²) in [6.07, 6.45) is 3.69. The second-order valence-corrected chi connectivity index (χ2v) is 11.5. The number of carbonyl (C=O) groups is 1. The number of nitrogens with zero attached hydrogens (tertiary/aromatic N) is 2. The standard InChI is InChI=1S/C21H27N3O6S2/c1-23(31(3,26)27)17-9-7-8-16(14-17)22-21(25)19-15-18(10-11-20(19)30-2)32(28,29)24-12-5-4-6-13-24/h7-11,14-15H,4-6,12-13H2,1-3H3,(H,22,25). The Morgan fingerprint density at radius 3 is 2.34 bits per heavy atom. The van der Waals surface area contributed by atoms with Crippen molar-refractivity contribution in [2.24, 2.45) is 0 Å². The Balaban J connectivity index is 1.90. The number of piperidine rings is 1. The highest BCUT2D eigenvalue weighted by atomic mass is 32.2. The lowest BCUT2D eigenvalue weighted by molar-refractivity contribution is 0.102. The van der Waals surface area contributed by atoms with Crippen molar-refractivity contribution in [1.29, 1.82) is 0 Å². The summed E-state index contributed by atoms with van der Waals surface area (Å²) in [5.74, 6) is -0.346. The average molecular weight is 482 g/mol. The molecule has 32 heavy (non-hydrogen) atoms. The number of rotatable bonds is 7. The number of nitrogens with one attached hydrogen (secondary N) is 1. The van der Waals surface area contributed by atoms with Crippen LogP contribution in [0.5, 0.6) is 5.75 Å². The molecule has 11 heteroatoms. The van der Waals surface area contributed by atoms with Crippen LogP contribution in [-0.2, 0) is 20.0 Å². The van der Waals surface area contributed by atoms with Crippen LogP contribution in [0.1, 0.15) is 29.6 Å². The maximum Gasteiger partial charge on any atom is 0.259 e. The molecular formula is C21H27N3O6S2. The van der Waals surface area contributed by atoms with Crippen molar-refractivity contribution in [2.75, 3.05) is 43.1 Å². The normalized spacial score (nSPS) is 15.2. The van der Waals surface area contributed by atoms with Crippen molar-refractivity contribution in [3.63, 3.8) is 0 Å². The number of carbonyl (C=O) groups excluding carboxylic acids is 1. The number of methoxy groups -OCH3 is 1. The van der Waals surface area contributed by atoms with Gasteiger partial charge in [0.1, 0.15) is 5.75 Å². The molecule has 0 spiro atoms. The predicted molar refractivity (Wildman–Crippen MR) is 123 cm³/mol. The molecule has 1 N–H and O–H groups in total. The molecule has 0 saturated carbocycles. The van der Waals surface area contributed by atoms with E-state index in [4.69, 9.17) is 4.74 Å². The van der Waals surface area contributed by atoms with Gasteiger partial charge in [0.25, 0.3) is 5.91 Å². The number of amides is 1. The fourth-order valence-corrected chi connectivity index (χ4v) is 5.49. The van der Waals surface area contributed by atoms with Gasteiger partial charge in [-0.05, 0) is 49.2 Å². The zero-order chi connectivity index (χ0) is 23.5. The van der Waals surface area contributed by atoms with Crippen LogP contribution in [0.3, 0.4) is 0 Å². The number of sulfonamides is 2.